The molecule has 0 heterocycles. The summed E-state index contributed by atoms with van der Waals surface area (Å²) in [5, 5.41) is 14.3. The zero-order valence-corrected chi connectivity index (χ0v) is 14.1. The average Bonchev–Trinajstić information content (AvgIpc) is 2.06. The predicted molar refractivity (Wildman–Crippen MR) is 69.0 cm³/mol. The van der Waals surface area contributed by atoms with Crippen LogP contribution in [0.15, 0.2) is 0 Å². The maximum Gasteiger partial charge on any atom is 0.217 e. The SMILES string of the molecule is CCCC(C)(C)CC(N)=O.CCO.[CH2-]O.[CH3-].[Fm]. The molecule has 0 atom stereocenters. The third-order valence-electron chi connectivity index (χ3n) is 1.58. The van der Waals surface area contributed by atoms with E-state index in [1.165, 1.54) is 0 Å². The first-order valence-electron chi connectivity index (χ1n) is 5.10. The van der Waals surface area contributed by atoms with Crippen molar-refractivity contribution in [2.24, 2.45) is 11.1 Å². The van der Waals surface area contributed by atoms with Gasteiger partial charge in [-0.2, -0.15) is 0 Å². The first-order valence-corrected chi connectivity index (χ1v) is 5.10. The number of nitrogens with two attached hydrogens (primary N) is 1. The van der Waals surface area contributed by atoms with Gasteiger partial charge in [-0.05, 0) is 18.8 Å². The van der Waals surface area contributed by atoms with E-state index in [-0.39, 0.29) is 25.4 Å². The van der Waals surface area contributed by atoms with Crippen molar-refractivity contribution < 1.29 is 15.0 Å². The monoisotopic (exact) mass is 492 g/mol. The van der Waals surface area contributed by atoms with Gasteiger partial charge in [-0.3, -0.25) is 4.79 Å². The van der Waals surface area contributed by atoms with Crippen molar-refractivity contribution in [3.05, 3.63) is 14.5 Å². The summed E-state index contributed by atoms with van der Waals surface area (Å²) in [6.07, 6.45) is 2.68. The van der Waals surface area contributed by atoms with Gasteiger partial charge in [0.1, 0.15) is 0 Å². The Kier molecular flexibility index (Phi) is 34.5. The van der Waals surface area contributed by atoms with Gasteiger partial charge in [0, 0.05) is 13.0 Å². The van der Waals surface area contributed by atoms with Crippen LogP contribution in [0.3, 0.4) is 0 Å². The Bertz CT molecular complexity index is 142. The van der Waals surface area contributed by atoms with Gasteiger partial charge >= 0.3 is 0 Å². The molecule has 0 rings (SSSR count). The number of rotatable bonds is 4. The minimum atomic E-state index is -0.196. The molecule has 0 aromatic rings. The van der Waals surface area contributed by atoms with Gasteiger partial charge in [0.15, 0.2) is 0 Å². The first kappa shape index (κ1) is 29.5. The van der Waals surface area contributed by atoms with Crippen LogP contribution >= 0.6 is 0 Å². The fourth-order valence-corrected chi connectivity index (χ4v) is 1.24. The Morgan fingerprint density at radius 1 is 1.29 bits per heavy atom. The van der Waals surface area contributed by atoms with E-state index in [4.69, 9.17) is 15.9 Å². The quantitative estimate of drug-likeness (QED) is 0.527. The number of carbonyl (C=O) groups is 1. The second-order valence-corrected chi connectivity index (χ2v) is 3.87. The summed E-state index contributed by atoms with van der Waals surface area (Å²) in [5.74, 6) is -0.196. The van der Waals surface area contributed by atoms with Crippen LogP contribution in [0.2, 0.25) is 0 Å². The smallest absolute Gasteiger partial charge is 0.217 e. The molecule has 0 radical (unpaired) electrons. The molecule has 0 aliphatic rings. The summed E-state index contributed by atoms with van der Waals surface area (Å²) in [6, 6.07) is 0. The Labute approximate surface area is 101 Å². The van der Waals surface area contributed by atoms with Crippen LogP contribution in [0.4, 0.5) is 0 Å². The van der Waals surface area contributed by atoms with Crippen molar-refractivity contribution in [1.29, 1.82) is 0 Å². The van der Waals surface area contributed by atoms with Crippen LogP contribution in [0.5, 0.6) is 0 Å². The second kappa shape index (κ2) is 19.9. The van der Waals surface area contributed by atoms with E-state index in [1.54, 1.807) is 6.92 Å². The van der Waals surface area contributed by atoms with E-state index in [9.17, 15) is 4.79 Å². The average molecular weight is 492 g/mol. The molecule has 0 bridgehead atoms. The molecule has 0 fully saturated rings. The normalized spacial score (nSPS) is 8.18. The predicted octanol–water partition coefficient (Wildman–Crippen LogP) is 2.29. The molecular formula is C12H29FmNO3-2. The molecule has 5 heteroatoms. The molecular weight excluding hydrogens is 463 g/mol. The van der Waals surface area contributed by atoms with Crippen LogP contribution in [0, 0.1) is 20.0 Å². The molecule has 114 valence electrons. The summed E-state index contributed by atoms with van der Waals surface area (Å²) in [4.78, 5) is 10.5. The zero-order chi connectivity index (χ0) is 12.9. The van der Waals surface area contributed by atoms with E-state index < -0.39 is 0 Å². The molecule has 0 spiro atoms. The van der Waals surface area contributed by atoms with Crippen molar-refractivity contribution in [2.75, 3.05) is 6.61 Å². The summed E-state index contributed by atoms with van der Waals surface area (Å²) in [6.45, 7) is 8.19. The number of hydrogen-bond donors (Lipinski definition) is 3. The van der Waals surface area contributed by atoms with Crippen LogP contribution < -0.4 is 5.73 Å². The van der Waals surface area contributed by atoms with Crippen molar-refractivity contribution in [1.82, 2.24) is 0 Å². The number of primary amides is 1. The topological polar surface area (TPSA) is 83.6 Å². The number of hydrogen-bond acceptors (Lipinski definition) is 3. The Morgan fingerprint density at radius 2 is 1.59 bits per heavy atom. The molecule has 0 aliphatic heterocycles. The molecule has 4 N–H and O–H groups in total. The molecule has 0 aliphatic carbocycles. The molecule has 0 aromatic heterocycles. The Balaban J connectivity index is -0.0000000598. The zero-order valence-electron chi connectivity index (χ0n) is 11.7. The van der Waals surface area contributed by atoms with Gasteiger partial charge in [-0.1, -0.05) is 27.2 Å². The fraction of sp³-hybridized carbons (Fsp3) is 0.750. The fourth-order valence-electron chi connectivity index (χ4n) is 1.24. The van der Waals surface area contributed by atoms with E-state index >= 15 is 0 Å². The molecule has 0 saturated heterocycles. The Morgan fingerprint density at radius 3 is 1.76 bits per heavy atom. The summed E-state index contributed by atoms with van der Waals surface area (Å²) in [7, 11) is 2.25. The van der Waals surface area contributed by atoms with E-state index in [0.717, 1.165) is 12.8 Å². The maximum atomic E-state index is 10.5. The van der Waals surface area contributed by atoms with Crippen molar-refractivity contribution in [3.63, 3.8) is 0 Å². The second-order valence-electron chi connectivity index (χ2n) is 3.87. The molecule has 0 unspecified atom stereocenters. The van der Waals surface area contributed by atoms with Crippen LogP contribution in [-0.4, -0.2) is 22.7 Å². The molecule has 0 saturated carbocycles. The van der Waals surface area contributed by atoms with Crippen LogP contribution in [-0.2, 0) is 4.79 Å². The van der Waals surface area contributed by atoms with Gasteiger partial charge in [-0.25, -0.2) is 7.11 Å². The van der Waals surface area contributed by atoms with E-state index in [2.05, 4.69) is 27.9 Å². The van der Waals surface area contributed by atoms with Gasteiger partial charge in [-0.15, -0.1) is 0 Å². The number of aliphatic hydroxyl groups excluding tert-OH is 2. The number of aliphatic hydroxyl groups is 2. The third kappa shape index (κ3) is 40.4. The molecule has 17 heavy (non-hydrogen) atoms. The van der Waals surface area contributed by atoms with Gasteiger partial charge in [0.2, 0.25) is 5.91 Å². The molecule has 4 nitrogen and oxygen atoms in total. The molecule has 1 amide bonds. The van der Waals surface area contributed by atoms with Crippen LogP contribution in [0.25, 0.3) is 0 Å². The Hall–Kier alpha value is -1.61. The van der Waals surface area contributed by atoms with Crippen molar-refractivity contribution >= 4 is 5.91 Å². The minimum absolute atomic E-state index is 0. The number of amides is 1. The van der Waals surface area contributed by atoms with Gasteiger partial charge in [0.05, 0.1) is 0 Å². The number of carbonyl (C=O) groups excluding carboxylic acids is 1. The molecule has 0 aromatic carbocycles. The van der Waals surface area contributed by atoms with Crippen molar-refractivity contribution in [2.45, 2.75) is 47.0 Å². The largest absolute Gasteiger partial charge is 0.569 e. The first-order chi connectivity index (χ1) is 6.89. The maximum absolute atomic E-state index is 10.5. The summed E-state index contributed by atoms with van der Waals surface area (Å²) < 4.78 is 0. The van der Waals surface area contributed by atoms with Gasteiger partial charge < -0.3 is 23.4 Å². The van der Waals surface area contributed by atoms with Crippen molar-refractivity contribution in [3.8, 4) is 0 Å². The van der Waals surface area contributed by atoms with Gasteiger partial charge in [0.25, 0.3) is 0 Å². The van der Waals surface area contributed by atoms with E-state index in [1.807, 2.05) is 0 Å². The van der Waals surface area contributed by atoms with Crippen LogP contribution in [0.1, 0.15) is 47.0 Å². The minimum Gasteiger partial charge on any atom is -0.569 e. The summed E-state index contributed by atoms with van der Waals surface area (Å²) >= 11 is 0. The third-order valence-corrected chi connectivity index (χ3v) is 1.58. The van der Waals surface area contributed by atoms with E-state index in [0.29, 0.717) is 6.42 Å². The summed E-state index contributed by atoms with van der Waals surface area (Å²) in [5.41, 5.74) is 5.17. The standard InChI is InChI=1S/C8H17NO.C2H6O.CH3O.CH3.Fm/c1-4-5-8(2,3)6-7(9)10;1-2-3;1-2;;/h4-6H2,1-3H3,(H2,9,10);3H,2H2,1H3;2H,1H2;1H3;/q;;2*-1;.